The van der Waals surface area contributed by atoms with Crippen molar-refractivity contribution < 1.29 is 37.3 Å². The van der Waals surface area contributed by atoms with Gasteiger partial charge in [0.25, 0.3) is 0 Å². The number of allylic oxidation sites excluding steroid dienone is 4. The summed E-state index contributed by atoms with van der Waals surface area (Å²) in [5, 5.41) is 9.10. The van der Waals surface area contributed by atoms with E-state index in [2.05, 4.69) is 10.8 Å². The Hall–Kier alpha value is -1.96. The van der Waals surface area contributed by atoms with Gasteiger partial charge in [0.2, 0.25) is 0 Å². The van der Waals surface area contributed by atoms with Crippen LogP contribution in [-0.2, 0) is 19.0 Å². The summed E-state index contributed by atoms with van der Waals surface area (Å²) in [6.07, 6.45) is 6.30. The minimum absolute atomic E-state index is 0.00789. The molecule has 0 saturated heterocycles. The fourth-order valence-corrected chi connectivity index (χ4v) is 4.68. The van der Waals surface area contributed by atoms with Gasteiger partial charge in [0.1, 0.15) is 5.76 Å². The molecule has 0 aromatic rings. The van der Waals surface area contributed by atoms with E-state index < -0.39 is 12.3 Å². The van der Waals surface area contributed by atoms with E-state index in [1.807, 2.05) is 6.08 Å². The second kappa shape index (κ2) is 9.90. The average Bonchev–Trinajstić information content (AvgIpc) is 2.67. The van der Waals surface area contributed by atoms with Gasteiger partial charge in [-0.2, -0.15) is 0 Å². The quantitative estimate of drug-likeness (QED) is 0.542. The molecule has 5 nitrogen and oxygen atoms in total. The van der Waals surface area contributed by atoms with E-state index in [-0.39, 0.29) is 42.6 Å². The summed E-state index contributed by atoms with van der Waals surface area (Å²) in [5.41, 5.74) is 1.24. The van der Waals surface area contributed by atoms with Crippen molar-refractivity contribution in [2.45, 2.75) is 76.4 Å². The molecule has 0 heterocycles. The predicted molar refractivity (Wildman–Crippen MR) is 103 cm³/mol. The zero-order chi connectivity index (χ0) is 21.7. The molecule has 0 bridgehead atoms. The number of halogens is 3. The van der Waals surface area contributed by atoms with Crippen molar-refractivity contribution in [2.75, 3.05) is 7.11 Å². The van der Waals surface area contributed by atoms with Crippen molar-refractivity contribution in [1.82, 2.24) is 0 Å². The van der Waals surface area contributed by atoms with Crippen LogP contribution in [0, 0.1) is 11.8 Å². The lowest BCUT2D eigenvalue weighted by Crippen LogP contribution is -2.30. The summed E-state index contributed by atoms with van der Waals surface area (Å²) in [6, 6.07) is 0. The summed E-state index contributed by atoms with van der Waals surface area (Å²) in [4.78, 5) is 11.1. The van der Waals surface area contributed by atoms with Crippen molar-refractivity contribution in [1.29, 1.82) is 0 Å². The second-order valence-electron chi connectivity index (χ2n) is 8.27. The predicted octanol–water partition coefficient (Wildman–Crippen LogP) is 5.49. The lowest BCUT2D eigenvalue weighted by molar-refractivity contribution is -0.307. The number of carboxylic acids is 1. The van der Waals surface area contributed by atoms with Gasteiger partial charge in [0.05, 0.1) is 31.5 Å². The average molecular weight is 430 g/mol. The Morgan fingerprint density at radius 1 is 1.17 bits per heavy atom. The second-order valence-corrected chi connectivity index (χ2v) is 8.27. The standard InChI is InChI=1S/C22H29F3O5/c1-28-19-9-14(11-21(26)27)10-20(13-19)29-18-4-2-3-16(12-18)15-5-7-17(8-6-15)30-22(23,24)25/h3,7,9,14-15,18,20H,2,4-6,8,10-13H2,1H3,(H,26,27)/t14?,15?,18?,20-/m1/s1. The number of methoxy groups -OCH3 is 1. The molecule has 0 spiro atoms. The molecule has 3 aliphatic carbocycles. The first-order chi connectivity index (χ1) is 14.2. The monoisotopic (exact) mass is 430 g/mol. The van der Waals surface area contributed by atoms with E-state index >= 15 is 0 Å². The zero-order valence-corrected chi connectivity index (χ0v) is 17.1. The number of aliphatic carboxylic acids is 1. The lowest BCUT2D eigenvalue weighted by atomic mass is 9.80. The Balaban J connectivity index is 1.53. The third-order valence-corrected chi connectivity index (χ3v) is 6.00. The first kappa shape index (κ1) is 22.7. The maximum atomic E-state index is 12.4. The van der Waals surface area contributed by atoms with E-state index in [0.29, 0.717) is 25.7 Å². The van der Waals surface area contributed by atoms with E-state index in [0.717, 1.165) is 25.0 Å². The SMILES string of the molecule is COC1=CC(CC(=O)O)C[C@@H](OC2CCC=C(C3CC=C(OC(F)(F)F)CC3)C2)C1. The van der Waals surface area contributed by atoms with Crippen LogP contribution < -0.4 is 0 Å². The molecule has 0 fully saturated rings. The molecule has 3 rings (SSSR count). The van der Waals surface area contributed by atoms with Gasteiger partial charge in [-0.25, -0.2) is 0 Å². The van der Waals surface area contributed by atoms with E-state index in [4.69, 9.17) is 14.6 Å². The van der Waals surface area contributed by atoms with Crippen LogP contribution in [0.2, 0.25) is 0 Å². The van der Waals surface area contributed by atoms with Crippen molar-refractivity contribution in [2.24, 2.45) is 11.8 Å². The van der Waals surface area contributed by atoms with Gasteiger partial charge in [-0.05, 0) is 62.5 Å². The minimum atomic E-state index is -4.63. The topological polar surface area (TPSA) is 65.0 Å². The van der Waals surface area contributed by atoms with Gasteiger partial charge < -0.3 is 19.3 Å². The summed E-state index contributed by atoms with van der Waals surface area (Å²) in [6.45, 7) is 0. The van der Waals surface area contributed by atoms with Crippen molar-refractivity contribution >= 4 is 5.97 Å². The molecule has 30 heavy (non-hydrogen) atoms. The summed E-state index contributed by atoms with van der Waals surface area (Å²) < 4.78 is 52.9. The number of alkyl halides is 3. The first-order valence-electron chi connectivity index (χ1n) is 10.5. The Morgan fingerprint density at radius 3 is 2.60 bits per heavy atom. The Kier molecular flexibility index (Phi) is 7.50. The molecule has 3 aliphatic rings. The molecule has 4 atom stereocenters. The molecule has 0 radical (unpaired) electrons. The molecule has 0 aliphatic heterocycles. The lowest BCUT2D eigenvalue weighted by Gasteiger charge is -2.34. The number of carboxylic acid groups (broad SMARTS) is 1. The number of rotatable bonds is 7. The van der Waals surface area contributed by atoms with E-state index in [1.54, 1.807) is 13.2 Å². The molecule has 0 aromatic heterocycles. The fraction of sp³-hybridized carbons (Fsp3) is 0.682. The maximum Gasteiger partial charge on any atom is 0.572 e. The van der Waals surface area contributed by atoms with Crippen LogP contribution in [0.3, 0.4) is 0 Å². The highest BCUT2D eigenvalue weighted by Gasteiger charge is 2.34. The van der Waals surface area contributed by atoms with Crippen molar-refractivity contribution in [3.63, 3.8) is 0 Å². The normalized spacial score (nSPS) is 30.1. The fourth-order valence-electron chi connectivity index (χ4n) is 4.68. The van der Waals surface area contributed by atoms with Gasteiger partial charge >= 0.3 is 12.3 Å². The number of ether oxygens (including phenoxy) is 3. The van der Waals surface area contributed by atoms with Crippen LogP contribution in [0.1, 0.15) is 57.8 Å². The molecule has 0 amide bonds. The summed E-state index contributed by atoms with van der Waals surface area (Å²) >= 11 is 0. The van der Waals surface area contributed by atoms with Gasteiger partial charge in [0.15, 0.2) is 0 Å². The number of hydrogen-bond donors (Lipinski definition) is 1. The van der Waals surface area contributed by atoms with Crippen LogP contribution in [0.25, 0.3) is 0 Å². The first-order valence-corrected chi connectivity index (χ1v) is 10.5. The number of hydrogen-bond acceptors (Lipinski definition) is 4. The van der Waals surface area contributed by atoms with Gasteiger partial charge in [0, 0.05) is 12.8 Å². The number of carbonyl (C=O) groups is 1. The minimum Gasteiger partial charge on any atom is -0.501 e. The molecular formula is C22H29F3O5. The van der Waals surface area contributed by atoms with Gasteiger partial charge in [-0.15, -0.1) is 13.2 Å². The molecule has 0 aromatic carbocycles. The highest BCUT2D eigenvalue weighted by Crippen LogP contribution is 2.38. The molecule has 3 unspecified atom stereocenters. The maximum absolute atomic E-state index is 12.4. The zero-order valence-electron chi connectivity index (χ0n) is 17.1. The van der Waals surface area contributed by atoms with Crippen LogP contribution in [-0.4, -0.2) is 36.8 Å². The van der Waals surface area contributed by atoms with E-state index in [9.17, 15) is 18.0 Å². The Morgan fingerprint density at radius 2 is 1.97 bits per heavy atom. The third-order valence-electron chi connectivity index (χ3n) is 6.00. The molecule has 168 valence electrons. The van der Waals surface area contributed by atoms with E-state index in [1.165, 1.54) is 5.57 Å². The molecule has 1 N–H and O–H groups in total. The molecule has 0 saturated carbocycles. The largest absolute Gasteiger partial charge is 0.572 e. The smallest absolute Gasteiger partial charge is 0.501 e. The molecule has 8 heteroatoms. The van der Waals surface area contributed by atoms with Crippen LogP contribution >= 0.6 is 0 Å². The van der Waals surface area contributed by atoms with Crippen LogP contribution in [0.5, 0.6) is 0 Å². The Labute approximate surface area is 174 Å². The van der Waals surface area contributed by atoms with Crippen LogP contribution in [0.4, 0.5) is 13.2 Å². The van der Waals surface area contributed by atoms with Crippen molar-refractivity contribution in [3.8, 4) is 0 Å². The summed E-state index contributed by atoms with van der Waals surface area (Å²) in [7, 11) is 1.58. The highest BCUT2D eigenvalue weighted by molar-refractivity contribution is 5.67. The van der Waals surface area contributed by atoms with Crippen molar-refractivity contribution in [3.05, 3.63) is 35.3 Å². The molecular weight excluding hydrogens is 401 g/mol. The van der Waals surface area contributed by atoms with Gasteiger partial charge in [-0.3, -0.25) is 4.79 Å². The van der Waals surface area contributed by atoms with Gasteiger partial charge in [-0.1, -0.05) is 11.6 Å². The van der Waals surface area contributed by atoms with Crippen LogP contribution in [0.15, 0.2) is 35.3 Å². The Bertz CT molecular complexity index is 710. The highest BCUT2D eigenvalue weighted by atomic mass is 19.4. The third kappa shape index (κ3) is 6.79. The summed E-state index contributed by atoms with van der Waals surface area (Å²) in [5.74, 6) is 0.0459.